The molecule has 0 bridgehead atoms. The standard InChI is InChI=1S/C47H76N2/c1-4-6-8-10-12-14-15-16-17-18-19-21-23-25-33-40-49-41-39-48-46(49)45(38-32-24-22-20-13-11-9-7-5-2)47(3,44-36-30-27-31-37-44)42-43-34-28-26-29-35-43/h26-31,34-37,39,41,45H,4-25,32-33,38,40,42H2,1-3H3. The van der Waals surface area contributed by atoms with Crippen LogP contribution >= 0.6 is 0 Å². The summed E-state index contributed by atoms with van der Waals surface area (Å²) in [4.78, 5) is 5.16. The van der Waals surface area contributed by atoms with E-state index in [9.17, 15) is 0 Å². The summed E-state index contributed by atoms with van der Waals surface area (Å²) in [6.07, 6.45) is 40.1. The Morgan fingerprint density at radius 1 is 0.531 bits per heavy atom. The molecule has 0 saturated carbocycles. The topological polar surface area (TPSA) is 17.8 Å². The molecule has 2 aromatic carbocycles. The SMILES string of the molecule is CCCCCCCCCCCCCCCCCn1ccnc1C(CCCCCCCCCCC)C(C)(Cc1ccccc1)c1ccccc1. The molecule has 2 heteroatoms. The van der Waals surface area contributed by atoms with Crippen molar-refractivity contribution in [1.29, 1.82) is 0 Å². The molecule has 3 rings (SSSR count). The van der Waals surface area contributed by atoms with E-state index in [4.69, 9.17) is 4.98 Å². The second-order valence-electron chi connectivity index (χ2n) is 15.5. The lowest BCUT2D eigenvalue weighted by molar-refractivity contribution is 0.321. The fraction of sp³-hybridized carbons (Fsp3) is 0.681. The summed E-state index contributed by atoms with van der Waals surface area (Å²) in [6.45, 7) is 8.24. The monoisotopic (exact) mass is 669 g/mol. The van der Waals surface area contributed by atoms with Crippen LogP contribution in [0.25, 0.3) is 0 Å². The fourth-order valence-corrected chi connectivity index (χ4v) is 8.13. The van der Waals surface area contributed by atoms with E-state index in [1.165, 1.54) is 177 Å². The highest BCUT2D eigenvalue weighted by Crippen LogP contribution is 2.44. The molecule has 1 aromatic heterocycles. The van der Waals surface area contributed by atoms with Crippen LogP contribution in [-0.2, 0) is 18.4 Å². The van der Waals surface area contributed by atoms with Crippen molar-refractivity contribution in [2.45, 2.75) is 206 Å². The van der Waals surface area contributed by atoms with Crippen LogP contribution in [0.2, 0.25) is 0 Å². The number of hydrogen-bond acceptors (Lipinski definition) is 1. The minimum Gasteiger partial charge on any atom is -0.335 e. The predicted molar refractivity (Wildman–Crippen MR) is 216 cm³/mol. The fourth-order valence-electron chi connectivity index (χ4n) is 8.13. The number of benzene rings is 2. The summed E-state index contributed by atoms with van der Waals surface area (Å²) in [5.74, 6) is 1.69. The molecule has 0 saturated heterocycles. The van der Waals surface area contributed by atoms with Gasteiger partial charge in [0.25, 0.3) is 0 Å². The molecular weight excluding hydrogens is 593 g/mol. The Balaban J connectivity index is 1.54. The first kappa shape index (κ1) is 41.1. The van der Waals surface area contributed by atoms with Crippen molar-refractivity contribution in [1.82, 2.24) is 9.55 Å². The maximum absolute atomic E-state index is 5.16. The summed E-state index contributed by atoms with van der Waals surface area (Å²) in [5.41, 5.74) is 2.84. The number of rotatable bonds is 31. The van der Waals surface area contributed by atoms with E-state index in [0.29, 0.717) is 5.92 Å². The second-order valence-corrected chi connectivity index (χ2v) is 15.5. The van der Waals surface area contributed by atoms with Gasteiger partial charge >= 0.3 is 0 Å². The number of nitrogens with zero attached hydrogens (tertiary/aromatic N) is 2. The van der Waals surface area contributed by atoms with Crippen LogP contribution in [0.4, 0.5) is 0 Å². The van der Waals surface area contributed by atoms with Gasteiger partial charge in [0.2, 0.25) is 0 Å². The summed E-state index contributed by atoms with van der Waals surface area (Å²) < 4.78 is 2.53. The van der Waals surface area contributed by atoms with Crippen molar-refractivity contribution >= 4 is 0 Å². The van der Waals surface area contributed by atoms with E-state index < -0.39 is 0 Å². The van der Waals surface area contributed by atoms with Gasteiger partial charge in [-0.25, -0.2) is 4.98 Å². The van der Waals surface area contributed by atoms with Gasteiger partial charge in [-0.15, -0.1) is 0 Å². The lowest BCUT2D eigenvalue weighted by atomic mass is 9.66. The Kier molecular flexibility index (Phi) is 22.2. The largest absolute Gasteiger partial charge is 0.335 e. The number of aryl methyl sites for hydroxylation is 1. The zero-order valence-corrected chi connectivity index (χ0v) is 32.5. The minimum absolute atomic E-state index is 0.0269. The van der Waals surface area contributed by atoms with Crippen LogP contribution in [0.5, 0.6) is 0 Å². The van der Waals surface area contributed by atoms with Crippen LogP contribution in [0.3, 0.4) is 0 Å². The molecule has 2 nitrogen and oxygen atoms in total. The molecule has 49 heavy (non-hydrogen) atoms. The van der Waals surface area contributed by atoms with Crippen LogP contribution in [0, 0.1) is 0 Å². The molecule has 0 radical (unpaired) electrons. The summed E-state index contributed by atoms with van der Waals surface area (Å²) >= 11 is 0. The lowest BCUT2D eigenvalue weighted by Crippen LogP contribution is -2.35. The number of hydrogen-bond donors (Lipinski definition) is 0. The highest BCUT2D eigenvalue weighted by atomic mass is 15.1. The zero-order valence-electron chi connectivity index (χ0n) is 32.5. The molecule has 0 aliphatic carbocycles. The summed E-state index contributed by atoms with van der Waals surface area (Å²) in [7, 11) is 0. The van der Waals surface area contributed by atoms with E-state index in [2.05, 4.69) is 98.4 Å². The van der Waals surface area contributed by atoms with E-state index in [-0.39, 0.29) is 5.41 Å². The first-order valence-corrected chi connectivity index (χ1v) is 21.3. The molecule has 0 aliphatic heterocycles. The molecule has 1 heterocycles. The van der Waals surface area contributed by atoms with E-state index in [0.717, 1.165) is 13.0 Å². The molecule has 0 aliphatic rings. The zero-order chi connectivity index (χ0) is 34.7. The third kappa shape index (κ3) is 16.5. The van der Waals surface area contributed by atoms with E-state index in [1.807, 2.05) is 0 Å². The Hall–Kier alpha value is -2.35. The van der Waals surface area contributed by atoms with Gasteiger partial charge < -0.3 is 4.57 Å². The van der Waals surface area contributed by atoms with Crippen LogP contribution < -0.4 is 0 Å². The molecule has 0 fully saturated rings. The van der Waals surface area contributed by atoms with Crippen molar-refractivity contribution < 1.29 is 0 Å². The van der Waals surface area contributed by atoms with Gasteiger partial charge in [-0.2, -0.15) is 0 Å². The first-order valence-electron chi connectivity index (χ1n) is 21.3. The number of imidazole rings is 1. The van der Waals surface area contributed by atoms with Crippen molar-refractivity contribution in [2.24, 2.45) is 0 Å². The van der Waals surface area contributed by atoms with E-state index >= 15 is 0 Å². The Bertz CT molecular complexity index is 1150. The summed E-state index contributed by atoms with van der Waals surface area (Å²) in [5, 5.41) is 0. The molecule has 2 unspecified atom stereocenters. The quantitative estimate of drug-likeness (QED) is 0.0624. The van der Waals surface area contributed by atoms with Crippen molar-refractivity contribution in [3.63, 3.8) is 0 Å². The van der Waals surface area contributed by atoms with Gasteiger partial charge in [0, 0.05) is 30.3 Å². The highest BCUT2D eigenvalue weighted by molar-refractivity contribution is 5.33. The number of unbranched alkanes of at least 4 members (excludes halogenated alkanes) is 22. The average molecular weight is 669 g/mol. The van der Waals surface area contributed by atoms with Crippen LogP contribution in [0.15, 0.2) is 73.1 Å². The minimum atomic E-state index is -0.0269. The van der Waals surface area contributed by atoms with Gasteiger partial charge in [0.15, 0.2) is 0 Å². The third-order valence-corrected chi connectivity index (χ3v) is 11.3. The molecule has 0 spiro atoms. The highest BCUT2D eigenvalue weighted by Gasteiger charge is 2.39. The van der Waals surface area contributed by atoms with Crippen LogP contribution in [-0.4, -0.2) is 9.55 Å². The normalized spacial score (nSPS) is 13.4. The smallest absolute Gasteiger partial charge is 0.112 e. The van der Waals surface area contributed by atoms with Crippen molar-refractivity contribution in [3.05, 3.63) is 90.0 Å². The maximum atomic E-state index is 5.16. The molecular formula is C47H76N2. The van der Waals surface area contributed by atoms with E-state index in [1.54, 1.807) is 0 Å². The summed E-state index contributed by atoms with van der Waals surface area (Å²) in [6, 6.07) is 22.6. The van der Waals surface area contributed by atoms with Gasteiger partial charge in [0.1, 0.15) is 5.82 Å². The first-order chi connectivity index (χ1) is 24.2. The molecule has 0 amide bonds. The van der Waals surface area contributed by atoms with Gasteiger partial charge in [0.05, 0.1) is 0 Å². The number of aromatic nitrogens is 2. The lowest BCUT2D eigenvalue weighted by Gasteiger charge is -2.39. The second kappa shape index (κ2) is 26.5. The van der Waals surface area contributed by atoms with Crippen LogP contribution in [0.1, 0.15) is 204 Å². The van der Waals surface area contributed by atoms with Gasteiger partial charge in [-0.1, -0.05) is 229 Å². The molecule has 3 aromatic rings. The van der Waals surface area contributed by atoms with Crippen molar-refractivity contribution in [3.8, 4) is 0 Å². The van der Waals surface area contributed by atoms with Gasteiger partial charge in [-0.3, -0.25) is 0 Å². The molecule has 0 N–H and O–H groups in total. The molecule has 2 atom stereocenters. The predicted octanol–water partition coefficient (Wildman–Crippen LogP) is 15.0. The molecule has 274 valence electrons. The Labute approximate surface area is 304 Å². The Morgan fingerprint density at radius 2 is 0.959 bits per heavy atom. The average Bonchev–Trinajstić information content (AvgIpc) is 3.59. The van der Waals surface area contributed by atoms with Crippen molar-refractivity contribution in [2.75, 3.05) is 0 Å². The third-order valence-electron chi connectivity index (χ3n) is 11.3. The maximum Gasteiger partial charge on any atom is 0.112 e. The Morgan fingerprint density at radius 3 is 1.45 bits per heavy atom. The van der Waals surface area contributed by atoms with Gasteiger partial charge in [-0.05, 0) is 30.4 Å².